The van der Waals surface area contributed by atoms with Gasteiger partial charge in [0.05, 0.1) is 26.2 Å². The van der Waals surface area contributed by atoms with E-state index in [9.17, 15) is 19.5 Å². The Bertz CT molecular complexity index is 1190. The van der Waals surface area contributed by atoms with Crippen molar-refractivity contribution < 1.29 is 50.5 Å². The van der Waals surface area contributed by atoms with E-state index in [1.807, 2.05) is 0 Å². The molecular weight excluding hydrogens is 510 g/mol. The average molecular weight is 530 g/mol. The number of carbonyl (C=O) groups is 3. The number of aryl methyl sites for hydroxylation is 1. The summed E-state index contributed by atoms with van der Waals surface area (Å²) in [6, 6.07) is 15.2. The first-order chi connectivity index (χ1) is 15.7. The van der Waals surface area contributed by atoms with Gasteiger partial charge in [-0.3, -0.25) is 9.59 Å². The van der Waals surface area contributed by atoms with Crippen LogP contribution in [0.15, 0.2) is 60.7 Å². The predicted molar refractivity (Wildman–Crippen MR) is 131 cm³/mol. The molecule has 2 amide bonds. The van der Waals surface area contributed by atoms with Crippen molar-refractivity contribution in [1.82, 2.24) is 5.32 Å². The first kappa shape index (κ1) is 28.2. The fourth-order valence-electron chi connectivity index (χ4n) is 3.22. The van der Waals surface area contributed by atoms with Gasteiger partial charge in [0.25, 0.3) is 11.8 Å². The van der Waals surface area contributed by atoms with E-state index in [4.69, 9.17) is 34.8 Å². The van der Waals surface area contributed by atoms with Gasteiger partial charge in [-0.15, -0.1) is 0 Å². The van der Waals surface area contributed by atoms with Crippen LogP contribution in [-0.4, -0.2) is 28.9 Å². The number of carboxylic acids is 1. The molecule has 6 nitrogen and oxygen atoms in total. The number of anilines is 1. The second-order valence-electron chi connectivity index (χ2n) is 7.25. The van der Waals surface area contributed by atoms with Crippen LogP contribution >= 0.6 is 34.8 Å². The zero-order valence-corrected chi connectivity index (χ0v) is 22.6. The van der Waals surface area contributed by atoms with Crippen LogP contribution in [0.5, 0.6) is 0 Å². The zero-order chi connectivity index (χ0) is 24.1. The zero-order valence-electron chi connectivity index (χ0n) is 19.4. The first-order valence-electron chi connectivity index (χ1n) is 9.80. The molecule has 0 aromatic heterocycles. The van der Waals surface area contributed by atoms with E-state index >= 15 is 0 Å². The van der Waals surface area contributed by atoms with Gasteiger partial charge in [0, 0.05) is 12.1 Å². The summed E-state index contributed by atoms with van der Waals surface area (Å²) in [6.07, 6.45) is 0.0368. The Morgan fingerprint density at radius 1 is 0.853 bits per heavy atom. The van der Waals surface area contributed by atoms with E-state index < -0.39 is 23.8 Å². The molecule has 0 aliphatic heterocycles. The Morgan fingerprint density at radius 2 is 1.38 bits per heavy atom. The van der Waals surface area contributed by atoms with Crippen molar-refractivity contribution in [3.05, 3.63) is 98.0 Å². The van der Waals surface area contributed by atoms with E-state index in [0.29, 0.717) is 16.8 Å². The predicted octanol–water partition coefficient (Wildman–Crippen LogP) is 2.75. The van der Waals surface area contributed by atoms with Crippen LogP contribution in [0.1, 0.15) is 33.3 Å². The number of amides is 2. The number of carboxylic acid groups (broad SMARTS) is 1. The van der Waals surface area contributed by atoms with Crippen molar-refractivity contribution in [3.8, 4) is 0 Å². The molecule has 0 aliphatic rings. The van der Waals surface area contributed by atoms with E-state index in [1.165, 1.54) is 0 Å². The maximum absolute atomic E-state index is 12.6. The molecule has 3 N–H and O–H groups in total. The quantitative estimate of drug-likeness (QED) is 0.410. The number of rotatable bonds is 7. The average Bonchev–Trinajstić information content (AvgIpc) is 2.74. The van der Waals surface area contributed by atoms with Gasteiger partial charge in [0.2, 0.25) is 0 Å². The number of nitrogens with one attached hydrogen (secondary N) is 2. The molecule has 10 heteroatoms. The van der Waals surface area contributed by atoms with Crippen LogP contribution in [0.3, 0.4) is 0 Å². The second kappa shape index (κ2) is 12.6. The standard InChI is InChI=1S/C24H19Cl3N2O4.Na.H/c1-13-4-2-5-16(25)20(13)22(30)29-19(24(32)33)12-14-8-10-15(11-9-14)28-23(31)21-17(26)6-3-7-18(21)27;;/h2-11,19H,12H2,1H3,(H,28,31)(H,29,30)(H,32,33);;/q;+1;-1/t19-;;/m0../s1. The van der Waals surface area contributed by atoms with Crippen molar-refractivity contribution in [2.75, 3.05) is 5.32 Å². The largest absolute Gasteiger partial charge is 1.00 e. The number of aliphatic carboxylic acids is 1. The van der Waals surface area contributed by atoms with Gasteiger partial charge < -0.3 is 17.2 Å². The van der Waals surface area contributed by atoms with Gasteiger partial charge >= 0.3 is 35.5 Å². The number of carbonyl (C=O) groups excluding carboxylic acids is 2. The molecule has 0 bridgehead atoms. The molecule has 0 spiro atoms. The molecule has 0 saturated heterocycles. The van der Waals surface area contributed by atoms with Crippen LogP contribution in [0, 0.1) is 6.92 Å². The molecule has 0 fully saturated rings. The molecule has 3 rings (SSSR count). The minimum absolute atomic E-state index is 0. The smallest absolute Gasteiger partial charge is 1.00 e. The van der Waals surface area contributed by atoms with Crippen molar-refractivity contribution in [2.45, 2.75) is 19.4 Å². The molecule has 0 radical (unpaired) electrons. The summed E-state index contributed by atoms with van der Waals surface area (Å²) in [5.74, 6) is -2.21. The summed E-state index contributed by atoms with van der Waals surface area (Å²) in [7, 11) is 0. The maximum atomic E-state index is 12.6. The second-order valence-corrected chi connectivity index (χ2v) is 8.47. The van der Waals surface area contributed by atoms with Crippen molar-refractivity contribution in [2.24, 2.45) is 0 Å². The summed E-state index contributed by atoms with van der Waals surface area (Å²) in [5, 5.41) is 15.5. The molecule has 0 unspecified atom stereocenters. The Morgan fingerprint density at radius 3 is 1.91 bits per heavy atom. The molecule has 0 aliphatic carbocycles. The Labute approximate surface area is 235 Å². The topological polar surface area (TPSA) is 95.5 Å². The minimum Gasteiger partial charge on any atom is -1.00 e. The van der Waals surface area contributed by atoms with Gasteiger partial charge in [0.15, 0.2) is 0 Å². The Hall–Kier alpha value is -2.06. The van der Waals surface area contributed by atoms with Crippen molar-refractivity contribution in [1.29, 1.82) is 0 Å². The molecule has 1 atom stereocenters. The van der Waals surface area contributed by atoms with Crippen LogP contribution in [0.2, 0.25) is 15.1 Å². The summed E-state index contributed by atoms with van der Waals surface area (Å²) in [4.78, 5) is 36.9. The molecule has 0 heterocycles. The van der Waals surface area contributed by atoms with Crippen molar-refractivity contribution in [3.63, 3.8) is 0 Å². The van der Waals surface area contributed by atoms with Crippen LogP contribution in [0.25, 0.3) is 0 Å². The maximum Gasteiger partial charge on any atom is 1.00 e. The SMILES string of the molecule is Cc1cccc(Cl)c1C(=O)N[C@@H](Cc1ccc(NC(=O)c2c(Cl)cccc2Cl)cc1)C(=O)O.[H-].[Na+]. The van der Waals surface area contributed by atoms with E-state index in [-0.39, 0.29) is 63.6 Å². The van der Waals surface area contributed by atoms with Crippen molar-refractivity contribution >= 4 is 58.3 Å². The van der Waals surface area contributed by atoms with Gasteiger partial charge in [-0.05, 0) is 48.4 Å². The third kappa shape index (κ3) is 6.98. The van der Waals surface area contributed by atoms with E-state index in [1.54, 1.807) is 67.6 Å². The molecule has 3 aromatic carbocycles. The summed E-state index contributed by atoms with van der Waals surface area (Å²) >= 11 is 18.2. The summed E-state index contributed by atoms with van der Waals surface area (Å²) < 4.78 is 0. The fraction of sp³-hybridized carbons (Fsp3) is 0.125. The molecule has 3 aromatic rings. The first-order valence-corrected chi connectivity index (χ1v) is 10.9. The number of hydrogen-bond acceptors (Lipinski definition) is 3. The van der Waals surface area contributed by atoms with Crippen LogP contribution in [0.4, 0.5) is 5.69 Å². The normalized spacial score (nSPS) is 11.2. The third-order valence-electron chi connectivity index (χ3n) is 4.89. The van der Waals surface area contributed by atoms with E-state index in [2.05, 4.69) is 10.6 Å². The van der Waals surface area contributed by atoms with Gasteiger partial charge in [-0.25, -0.2) is 4.79 Å². The minimum atomic E-state index is -1.18. The summed E-state index contributed by atoms with van der Waals surface area (Å²) in [5.41, 5.74) is 2.16. The fourth-order valence-corrected chi connectivity index (χ4v) is 4.09. The number of benzene rings is 3. The third-order valence-corrected chi connectivity index (χ3v) is 5.84. The van der Waals surface area contributed by atoms with Gasteiger partial charge in [-0.2, -0.15) is 0 Å². The number of hydrogen-bond donors (Lipinski definition) is 3. The van der Waals surface area contributed by atoms with Gasteiger partial charge in [0.1, 0.15) is 6.04 Å². The Kier molecular flexibility index (Phi) is 10.4. The molecule has 172 valence electrons. The molecule has 34 heavy (non-hydrogen) atoms. The van der Waals surface area contributed by atoms with Crippen LogP contribution in [-0.2, 0) is 11.2 Å². The monoisotopic (exact) mass is 528 g/mol. The number of halogens is 3. The Balaban J connectivity index is 0.00000306. The van der Waals surface area contributed by atoms with Gasteiger partial charge in [-0.1, -0.05) is 65.1 Å². The molecule has 0 saturated carbocycles. The molecular formula is C24H20Cl3N2NaO4. The van der Waals surface area contributed by atoms with E-state index in [0.717, 1.165) is 0 Å². The summed E-state index contributed by atoms with van der Waals surface area (Å²) in [6.45, 7) is 1.72. The van der Waals surface area contributed by atoms with Crippen LogP contribution < -0.4 is 40.2 Å².